The standard InChI is InChI=1S/C23H23FN4O3S/c1-31-21(30)23(13-5-6-14-23)25-19(29)15-32-22-27-26-20(16-9-11-17(24)12-10-16)28(22)18-7-3-2-4-8-18/h2-4,7-12H,5-6,13-15H2,1H3,(H,25,29). The molecule has 1 aliphatic rings. The van der Waals surface area contributed by atoms with Gasteiger partial charge in [0, 0.05) is 11.3 Å². The largest absolute Gasteiger partial charge is 0.467 e. The summed E-state index contributed by atoms with van der Waals surface area (Å²) < 4.78 is 20.2. The van der Waals surface area contributed by atoms with Gasteiger partial charge in [-0.25, -0.2) is 9.18 Å². The molecule has 0 bridgehead atoms. The molecular formula is C23H23FN4O3S. The van der Waals surface area contributed by atoms with Crippen molar-refractivity contribution in [1.82, 2.24) is 20.1 Å². The first-order valence-corrected chi connectivity index (χ1v) is 11.3. The summed E-state index contributed by atoms with van der Waals surface area (Å²) >= 11 is 1.22. The van der Waals surface area contributed by atoms with E-state index in [1.807, 2.05) is 34.9 Å². The van der Waals surface area contributed by atoms with Crippen LogP contribution < -0.4 is 5.32 Å². The molecule has 166 valence electrons. The fourth-order valence-electron chi connectivity index (χ4n) is 3.95. The lowest BCUT2D eigenvalue weighted by Gasteiger charge is -2.27. The van der Waals surface area contributed by atoms with Gasteiger partial charge in [0.05, 0.1) is 12.9 Å². The number of rotatable bonds is 7. The molecule has 0 radical (unpaired) electrons. The molecule has 4 rings (SSSR count). The SMILES string of the molecule is COC(=O)C1(NC(=O)CSc2nnc(-c3ccc(F)cc3)n2-c2ccccc2)CCCC1. The maximum atomic E-state index is 13.4. The van der Waals surface area contributed by atoms with Crippen molar-refractivity contribution >= 4 is 23.6 Å². The van der Waals surface area contributed by atoms with E-state index in [0.717, 1.165) is 18.5 Å². The van der Waals surface area contributed by atoms with Crippen molar-refractivity contribution in [1.29, 1.82) is 0 Å². The molecule has 0 atom stereocenters. The third-order valence-corrected chi connectivity index (χ3v) is 6.42. The first-order valence-electron chi connectivity index (χ1n) is 10.3. The lowest BCUT2D eigenvalue weighted by atomic mass is 9.98. The van der Waals surface area contributed by atoms with E-state index in [1.165, 1.54) is 31.0 Å². The third-order valence-electron chi connectivity index (χ3n) is 5.49. The number of halogens is 1. The van der Waals surface area contributed by atoms with Crippen LogP contribution in [0.25, 0.3) is 17.1 Å². The highest BCUT2D eigenvalue weighted by Crippen LogP contribution is 2.32. The molecule has 0 aliphatic heterocycles. The molecule has 2 aromatic carbocycles. The molecule has 1 aliphatic carbocycles. The number of ether oxygens (including phenoxy) is 1. The smallest absolute Gasteiger partial charge is 0.331 e. The van der Waals surface area contributed by atoms with Crippen molar-refractivity contribution in [2.75, 3.05) is 12.9 Å². The Bertz CT molecular complexity index is 1100. The molecule has 32 heavy (non-hydrogen) atoms. The van der Waals surface area contributed by atoms with E-state index in [9.17, 15) is 14.0 Å². The Morgan fingerprint density at radius 2 is 1.78 bits per heavy atom. The van der Waals surface area contributed by atoms with Crippen molar-refractivity contribution in [3.8, 4) is 17.1 Å². The molecular weight excluding hydrogens is 431 g/mol. The summed E-state index contributed by atoms with van der Waals surface area (Å²) in [6.45, 7) is 0. The van der Waals surface area contributed by atoms with Crippen molar-refractivity contribution in [3.05, 3.63) is 60.4 Å². The van der Waals surface area contributed by atoms with Gasteiger partial charge in [0.15, 0.2) is 11.0 Å². The minimum atomic E-state index is -0.946. The predicted molar refractivity (Wildman–Crippen MR) is 119 cm³/mol. The normalized spacial score (nSPS) is 14.8. The number of nitrogens with zero attached hydrogens (tertiary/aromatic N) is 3. The van der Waals surface area contributed by atoms with Crippen molar-refractivity contribution in [3.63, 3.8) is 0 Å². The van der Waals surface area contributed by atoms with Crippen LogP contribution in [0.3, 0.4) is 0 Å². The van der Waals surface area contributed by atoms with Crippen LogP contribution in [0.5, 0.6) is 0 Å². The Kier molecular flexibility index (Phi) is 6.55. The summed E-state index contributed by atoms with van der Waals surface area (Å²) in [4.78, 5) is 25.0. The fraction of sp³-hybridized carbons (Fsp3) is 0.304. The van der Waals surface area contributed by atoms with Crippen LogP contribution in [0, 0.1) is 5.82 Å². The van der Waals surface area contributed by atoms with Gasteiger partial charge in [-0.2, -0.15) is 0 Å². The minimum absolute atomic E-state index is 0.0626. The Hall–Kier alpha value is -3.20. The number of aromatic nitrogens is 3. The van der Waals surface area contributed by atoms with Gasteiger partial charge in [0.2, 0.25) is 5.91 Å². The zero-order valence-electron chi connectivity index (χ0n) is 17.6. The molecule has 0 unspecified atom stereocenters. The zero-order chi connectivity index (χ0) is 22.6. The number of hydrogen-bond acceptors (Lipinski definition) is 6. The van der Waals surface area contributed by atoms with E-state index >= 15 is 0 Å². The second-order valence-corrected chi connectivity index (χ2v) is 8.54. The average Bonchev–Trinajstić information content (AvgIpc) is 3.46. The van der Waals surface area contributed by atoms with E-state index in [4.69, 9.17) is 4.74 Å². The first kappa shape index (κ1) is 22.0. The lowest BCUT2D eigenvalue weighted by Crippen LogP contribution is -2.53. The molecule has 1 fully saturated rings. The summed E-state index contributed by atoms with van der Waals surface area (Å²) in [5.74, 6) is -0.404. The van der Waals surface area contributed by atoms with Crippen LogP contribution in [0.1, 0.15) is 25.7 Å². The molecule has 0 spiro atoms. The highest BCUT2D eigenvalue weighted by Gasteiger charge is 2.43. The van der Waals surface area contributed by atoms with Crippen LogP contribution in [0.2, 0.25) is 0 Å². The number of para-hydroxylation sites is 1. The summed E-state index contributed by atoms with van der Waals surface area (Å²) in [7, 11) is 1.34. The Morgan fingerprint density at radius 1 is 1.09 bits per heavy atom. The summed E-state index contributed by atoms with van der Waals surface area (Å²) in [5, 5.41) is 12.0. The molecule has 1 aromatic heterocycles. The van der Waals surface area contributed by atoms with Gasteiger partial charge in [0.1, 0.15) is 11.4 Å². The van der Waals surface area contributed by atoms with Gasteiger partial charge >= 0.3 is 5.97 Å². The lowest BCUT2D eigenvalue weighted by molar-refractivity contribution is -0.150. The second kappa shape index (κ2) is 9.52. The number of carbonyl (C=O) groups is 2. The molecule has 1 N–H and O–H groups in total. The number of nitrogens with one attached hydrogen (secondary N) is 1. The average molecular weight is 455 g/mol. The number of amides is 1. The van der Waals surface area contributed by atoms with Crippen LogP contribution in [0.15, 0.2) is 59.8 Å². The molecule has 1 heterocycles. The Balaban J connectivity index is 1.57. The summed E-state index contributed by atoms with van der Waals surface area (Å²) in [6, 6.07) is 15.5. The van der Waals surface area contributed by atoms with Crippen LogP contribution in [0.4, 0.5) is 4.39 Å². The molecule has 3 aromatic rings. The number of benzene rings is 2. The van der Waals surface area contributed by atoms with E-state index in [2.05, 4.69) is 15.5 Å². The number of esters is 1. The van der Waals surface area contributed by atoms with Gasteiger partial charge < -0.3 is 10.1 Å². The Morgan fingerprint density at radius 3 is 2.44 bits per heavy atom. The van der Waals surface area contributed by atoms with Gasteiger partial charge in [-0.1, -0.05) is 42.8 Å². The van der Waals surface area contributed by atoms with Gasteiger partial charge in [-0.05, 0) is 49.2 Å². The fourth-order valence-corrected chi connectivity index (χ4v) is 4.70. The summed E-state index contributed by atoms with van der Waals surface area (Å²) in [5.41, 5.74) is 0.579. The first-order chi connectivity index (χ1) is 15.5. The van der Waals surface area contributed by atoms with Crippen molar-refractivity contribution < 1.29 is 18.7 Å². The summed E-state index contributed by atoms with van der Waals surface area (Å²) in [6.07, 6.45) is 2.88. The number of thioether (sulfide) groups is 1. The number of methoxy groups -OCH3 is 1. The zero-order valence-corrected chi connectivity index (χ0v) is 18.4. The maximum absolute atomic E-state index is 13.4. The predicted octanol–water partition coefficient (Wildman–Crippen LogP) is 3.77. The monoisotopic (exact) mass is 454 g/mol. The number of carbonyl (C=O) groups excluding carboxylic acids is 2. The van der Waals surface area contributed by atoms with Crippen LogP contribution in [-0.2, 0) is 14.3 Å². The highest BCUT2D eigenvalue weighted by molar-refractivity contribution is 7.99. The molecule has 1 amide bonds. The molecule has 9 heteroatoms. The topological polar surface area (TPSA) is 86.1 Å². The second-order valence-electron chi connectivity index (χ2n) is 7.60. The quantitative estimate of drug-likeness (QED) is 0.432. The van der Waals surface area contributed by atoms with Crippen LogP contribution >= 0.6 is 11.8 Å². The maximum Gasteiger partial charge on any atom is 0.331 e. The molecule has 1 saturated carbocycles. The van der Waals surface area contributed by atoms with E-state index in [0.29, 0.717) is 29.4 Å². The number of hydrogen-bond donors (Lipinski definition) is 1. The van der Waals surface area contributed by atoms with Crippen molar-refractivity contribution in [2.45, 2.75) is 36.4 Å². The van der Waals surface area contributed by atoms with E-state index in [-0.39, 0.29) is 17.5 Å². The Labute approximate surface area is 189 Å². The molecule has 0 saturated heterocycles. The van der Waals surface area contributed by atoms with Crippen molar-refractivity contribution in [2.24, 2.45) is 0 Å². The third kappa shape index (κ3) is 4.52. The molecule has 7 nitrogen and oxygen atoms in total. The minimum Gasteiger partial charge on any atom is -0.467 e. The van der Waals surface area contributed by atoms with Crippen LogP contribution in [-0.4, -0.2) is 45.0 Å². The van der Waals surface area contributed by atoms with E-state index < -0.39 is 11.5 Å². The van der Waals surface area contributed by atoms with E-state index in [1.54, 1.807) is 12.1 Å². The van der Waals surface area contributed by atoms with Gasteiger partial charge in [0.25, 0.3) is 0 Å². The highest BCUT2D eigenvalue weighted by atomic mass is 32.2. The van der Waals surface area contributed by atoms with Gasteiger partial charge in [-0.3, -0.25) is 9.36 Å². The van der Waals surface area contributed by atoms with Gasteiger partial charge in [-0.15, -0.1) is 10.2 Å².